The van der Waals surface area contributed by atoms with E-state index >= 15 is 0 Å². The molecule has 1 unspecified atom stereocenters. The lowest BCUT2D eigenvalue weighted by molar-refractivity contribution is 0.192. The summed E-state index contributed by atoms with van der Waals surface area (Å²) in [5, 5.41) is 14.7. The maximum atomic E-state index is 13.8. The fourth-order valence-electron chi connectivity index (χ4n) is 2.48. The first-order chi connectivity index (χ1) is 12.0. The lowest BCUT2D eigenvalue weighted by Gasteiger charge is -2.16. The van der Waals surface area contributed by atoms with Gasteiger partial charge in [-0.3, -0.25) is 0 Å². The van der Waals surface area contributed by atoms with Crippen LogP contribution < -0.4 is 10.1 Å². The van der Waals surface area contributed by atoms with E-state index in [9.17, 15) is 9.50 Å². The molecule has 2 N–H and O–H groups in total. The van der Waals surface area contributed by atoms with Gasteiger partial charge in [0.15, 0.2) is 11.6 Å². The number of hydrogen-bond acceptors (Lipinski definition) is 5. The van der Waals surface area contributed by atoms with Gasteiger partial charge in [-0.05, 0) is 18.2 Å². The van der Waals surface area contributed by atoms with E-state index in [0.29, 0.717) is 32.3 Å². The average molecular weight is 382 g/mol. The molecule has 130 valence electrons. The summed E-state index contributed by atoms with van der Waals surface area (Å²) in [6.45, 7) is 0.106. The molecular formula is C17H14Cl2FN3O2. The van der Waals surface area contributed by atoms with Crippen molar-refractivity contribution in [3.8, 4) is 5.75 Å². The van der Waals surface area contributed by atoms with Crippen molar-refractivity contribution in [3.63, 3.8) is 0 Å². The molecule has 3 aromatic rings. The third kappa shape index (κ3) is 3.61. The van der Waals surface area contributed by atoms with Crippen LogP contribution in [0.3, 0.4) is 0 Å². The Morgan fingerprint density at radius 1 is 1.24 bits per heavy atom. The first-order valence-corrected chi connectivity index (χ1v) is 8.11. The number of hydrogen-bond donors (Lipinski definition) is 2. The Bertz CT molecular complexity index is 904. The number of fused-ring (bicyclic) bond motifs is 1. The minimum Gasteiger partial charge on any atom is -0.494 e. The number of nitrogens with zero attached hydrogens (tertiary/aromatic N) is 2. The Balaban J connectivity index is 1.88. The van der Waals surface area contributed by atoms with Crippen LogP contribution in [0.15, 0.2) is 36.7 Å². The molecule has 0 fully saturated rings. The van der Waals surface area contributed by atoms with E-state index in [1.54, 1.807) is 18.2 Å². The molecule has 3 rings (SSSR count). The van der Waals surface area contributed by atoms with Crippen LogP contribution in [0.4, 0.5) is 10.2 Å². The van der Waals surface area contributed by atoms with Crippen LogP contribution >= 0.6 is 23.2 Å². The van der Waals surface area contributed by atoms with Crippen molar-refractivity contribution in [1.29, 1.82) is 0 Å². The van der Waals surface area contributed by atoms with E-state index in [1.807, 2.05) is 0 Å². The van der Waals surface area contributed by atoms with Crippen LogP contribution in [0.5, 0.6) is 5.75 Å². The highest BCUT2D eigenvalue weighted by atomic mass is 35.5. The summed E-state index contributed by atoms with van der Waals surface area (Å²) in [5.74, 6) is 0.00751. The van der Waals surface area contributed by atoms with Gasteiger partial charge in [-0.15, -0.1) is 0 Å². The quantitative estimate of drug-likeness (QED) is 0.691. The van der Waals surface area contributed by atoms with E-state index in [0.717, 1.165) is 0 Å². The second kappa shape index (κ2) is 7.39. The van der Waals surface area contributed by atoms with Crippen molar-refractivity contribution in [2.75, 3.05) is 19.0 Å². The monoisotopic (exact) mass is 381 g/mol. The number of halogens is 3. The van der Waals surface area contributed by atoms with Gasteiger partial charge in [0.05, 0.1) is 18.7 Å². The highest BCUT2D eigenvalue weighted by Crippen LogP contribution is 2.31. The minimum atomic E-state index is -0.950. The van der Waals surface area contributed by atoms with Gasteiger partial charge >= 0.3 is 0 Å². The van der Waals surface area contributed by atoms with Crippen molar-refractivity contribution in [2.24, 2.45) is 0 Å². The van der Waals surface area contributed by atoms with Crippen molar-refractivity contribution >= 4 is 39.9 Å². The number of aliphatic hydroxyl groups excluding tert-OH is 1. The molecule has 2 aromatic carbocycles. The zero-order valence-electron chi connectivity index (χ0n) is 13.1. The largest absolute Gasteiger partial charge is 0.494 e. The first-order valence-electron chi connectivity index (χ1n) is 7.35. The topological polar surface area (TPSA) is 67.3 Å². The number of methoxy groups -OCH3 is 1. The summed E-state index contributed by atoms with van der Waals surface area (Å²) >= 11 is 12.2. The smallest absolute Gasteiger partial charge is 0.167 e. The van der Waals surface area contributed by atoms with Crippen LogP contribution in [-0.2, 0) is 0 Å². The third-order valence-corrected chi connectivity index (χ3v) is 4.36. The number of aromatic nitrogens is 2. The van der Waals surface area contributed by atoms with Crippen LogP contribution in [0.2, 0.25) is 10.0 Å². The summed E-state index contributed by atoms with van der Waals surface area (Å²) < 4.78 is 18.8. The number of ether oxygens (including phenoxy) is 1. The van der Waals surface area contributed by atoms with Crippen molar-refractivity contribution in [2.45, 2.75) is 6.10 Å². The average Bonchev–Trinajstić information content (AvgIpc) is 2.59. The van der Waals surface area contributed by atoms with Gasteiger partial charge in [-0.2, -0.15) is 0 Å². The molecule has 5 nitrogen and oxygen atoms in total. The molecule has 1 heterocycles. The Hall–Kier alpha value is -2.15. The van der Waals surface area contributed by atoms with Crippen LogP contribution in [0.1, 0.15) is 11.7 Å². The second-order valence-electron chi connectivity index (χ2n) is 5.26. The molecular weight excluding hydrogens is 368 g/mol. The molecule has 0 spiro atoms. The third-order valence-electron chi connectivity index (χ3n) is 3.70. The molecule has 0 amide bonds. The van der Waals surface area contributed by atoms with E-state index in [2.05, 4.69) is 15.3 Å². The molecule has 0 aliphatic heterocycles. The zero-order valence-corrected chi connectivity index (χ0v) is 14.6. The Kier molecular flexibility index (Phi) is 5.22. The molecule has 1 atom stereocenters. The number of benzene rings is 2. The molecule has 0 aliphatic rings. The number of aliphatic hydroxyl groups is 1. The van der Waals surface area contributed by atoms with E-state index < -0.39 is 11.9 Å². The van der Waals surface area contributed by atoms with Gasteiger partial charge in [0, 0.05) is 33.6 Å². The molecule has 0 saturated carbocycles. The van der Waals surface area contributed by atoms with E-state index in [-0.39, 0.29) is 12.3 Å². The SMILES string of the molecule is COc1cc2c(NCC(O)c3c(Cl)cccc3Cl)ncnc2cc1F. The molecule has 1 aromatic heterocycles. The van der Waals surface area contributed by atoms with Crippen molar-refractivity contribution < 1.29 is 14.2 Å². The fraction of sp³-hybridized carbons (Fsp3) is 0.176. The van der Waals surface area contributed by atoms with Crippen LogP contribution in [0.25, 0.3) is 10.9 Å². The maximum Gasteiger partial charge on any atom is 0.167 e. The van der Waals surface area contributed by atoms with Gasteiger partial charge in [-0.1, -0.05) is 29.3 Å². The highest BCUT2D eigenvalue weighted by Gasteiger charge is 2.16. The molecule has 0 saturated heterocycles. The predicted molar refractivity (Wildman–Crippen MR) is 96.0 cm³/mol. The van der Waals surface area contributed by atoms with Gasteiger partial charge < -0.3 is 15.2 Å². The van der Waals surface area contributed by atoms with Crippen LogP contribution in [-0.4, -0.2) is 28.7 Å². The fourth-order valence-corrected chi connectivity index (χ4v) is 3.13. The second-order valence-corrected chi connectivity index (χ2v) is 6.07. The van der Waals surface area contributed by atoms with E-state index in [1.165, 1.54) is 25.6 Å². The first kappa shape index (κ1) is 17.7. The number of anilines is 1. The summed E-state index contributed by atoms with van der Waals surface area (Å²) in [4.78, 5) is 8.19. The highest BCUT2D eigenvalue weighted by molar-refractivity contribution is 6.36. The molecule has 0 bridgehead atoms. The molecule has 8 heteroatoms. The number of rotatable bonds is 5. The van der Waals surface area contributed by atoms with Crippen molar-refractivity contribution in [1.82, 2.24) is 9.97 Å². The van der Waals surface area contributed by atoms with Crippen LogP contribution in [0, 0.1) is 5.82 Å². The lowest BCUT2D eigenvalue weighted by Crippen LogP contribution is -2.14. The summed E-state index contributed by atoms with van der Waals surface area (Å²) in [7, 11) is 1.38. The lowest BCUT2D eigenvalue weighted by atomic mass is 10.1. The van der Waals surface area contributed by atoms with Gasteiger partial charge in [0.25, 0.3) is 0 Å². The Morgan fingerprint density at radius 2 is 1.96 bits per heavy atom. The maximum absolute atomic E-state index is 13.8. The van der Waals surface area contributed by atoms with Gasteiger partial charge in [-0.25, -0.2) is 14.4 Å². The summed E-state index contributed by atoms with van der Waals surface area (Å²) in [6, 6.07) is 7.77. The normalized spacial score (nSPS) is 12.2. The molecule has 25 heavy (non-hydrogen) atoms. The molecule has 0 aliphatic carbocycles. The standard InChI is InChI=1S/C17H14Cl2FN3O2/c1-25-15-5-9-13(6-12(15)20)22-8-23-17(9)21-7-14(24)16-10(18)3-2-4-11(16)19/h2-6,8,14,24H,7H2,1H3,(H,21,22,23). The molecule has 0 radical (unpaired) electrons. The number of nitrogens with one attached hydrogen (secondary N) is 1. The zero-order chi connectivity index (χ0) is 18.0. The Morgan fingerprint density at radius 3 is 2.64 bits per heavy atom. The summed E-state index contributed by atoms with van der Waals surface area (Å²) in [6.07, 6.45) is 0.361. The van der Waals surface area contributed by atoms with Gasteiger partial charge in [0.2, 0.25) is 0 Å². The van der Waals surface area contributed by atoms with Crippen molar-refractivity contribution in [3.05, 3.63) is 58.1 Å². The minimum absolute atomic E-state index is 0.0834. The van der Waals surface area contributed by atoms with Gasteiger partial charge in [0.1, 0.15) is 12.1 Å². The Labute approximate surface area is 153 Å². The summed E-state index contributed by atoms with van der Waals surface area (Å²) in [5.41, 5.74) is 0.849. The predicted octanol–water partition coefficient (Wildman–Crippen LogP) is 4.23. The van der Waals surface area contributed by atoms with E-state index in [4.69, 9.17) is 27.9 Å².